The maximum absolute atomic E-state index is 6.32. The molecule has 2 N–H and O–H groups in total. The normalized spacial score (nSPS) is 37.6. The van der Waals surface area contributed by atoms with Crippen LogP contribution in [0.25, 0.3) is 0 Å². The van der Waals surface area contributed by atoms with E-state index in [1.165, 1.54) is 43.7 Å². The van der Waals surface area contributed by atoms with Crippen molar-refractivity contribution in [3.8, 4) is 0 Å². The molecule has 2 nitrogen and oxygen atoms in total. The molecule has 1 saturated carbocycles. The molecular formula is C14H28N2S. The number of thioether (sulfide) groups is 1. The molecule has 2 aliphatic rings. The smallest absolute Gasteiger partial charge is 0.0191 e. The zero-order valence-electron chi connectivity index (χ0n) is 11.6. The SMILES string of the molecule is CN(CC1CC(C)(C)CCC1N)C1CCSC1. The number of hydrogen-bond acceptors (Lipinski definition) is 3. The van der Waals surface area contributed by atoms with Crippen molar-refractivity contribution in [3.05, 3.63) is 0 Å². The summed E-state index contributed by atoms with van der Waals surface area (Å²) in [6.45, 7) is 6.00. The van der Waals surface area contributed by atoms with Crippen molar-refractivity contribution < 1.29 is 0 Å². The molecule has 3 atom stereocenters. The Kier molecular flexibility index (Phi) is 4.43. The van der Waals surface area contributed by atoms with Crippen LogP contribution >= 0.6 is 11.8 Å². The highest BCUT2D eigenvalue weighted by atomic mass is 32.2. The standard InChI is InChI=1S/C14H28N2S/c1-14(2)6-4-13(15)11(8-14)9-16(3)12-5-7-17-10-12/h11-13H,4-10,15H2,1-3H3. The van der Waals surface area contributed by atoms with Gasteiger partial charge >= 0.3 is 0 Å². The van der Waals surface area contributed by atoms with E-state index in [9.17, 15) is 0 Å². The summed E-state index contributed by atoms with van der Waals surface area (Å²) in [6.07, 6.45) is 5.18. The quantitative estimate of drug-likeness (QED) is 0.841. The van der Waals surface area contributed by atoms with Gasteiger partial charge in [-0.3, -0.25) is 0 Å². The van der Waals surface area contributed by atoms with E-state index in [0.29, 0.717) is 17.4 Å². The summed E-state index contributed by atoms with van der Waals surface area (Å²) in [5.74, 6) is 3.37. The second-order valence-electron chi connectivity index (χ2n) is 6.79. The van der Waals surface area contributed by atoms with Crippen molar-refractivity contribution >= 4 is 11.8 Å². The van der Waals surface area contributed by atoms with E-state index in [1.807, 2.05) is 0 Å². The minimum atomic E-state index is 0.430. The lowest BCUT2D eigenvalue weighted by molar-refractivity contribution is 0.112. The fourth-order valence-electron chi connectivity index (χ4n) is 3.34. The molecule has 0 radical (unpaired) electrons. The van der Waals surface area contributed by atoms with Gasteiger partial charge in [0.25, 0.3) is 0 Å². The van der Waals surface area contributed by atoms with E-state index in [0.717, 1.165) is 6.04 Å². The molecular weight excluding hydrogens is 228 g/mol. The molecule has 2 rings (SSSR count). The van der Waals surface area contributed by atoms with Crippen LogP contribution in [0.15, 0.2) is 0 Å². The summed E-state index contributed by atoms with van der Waals surface area (Å²) < 4.78 is 0. The van der Waals surface area contributed by atoms with Crippen molar-refractivity contribution in [2.75, 3.05) is 25.1 Å². The average molecular weight is 256 g/mol. The summed E-state index contributed by atoms with van der Waals surface area (Å²) >= 11 is 2.10. The highest BCUT2D eigenvalue weighted by Crippen LogP contribution is 2.38. The maximum Gasteiger partial charge on any atom is 0.0191 e. The third kappa shape index (κ3) is 3.62. The molecule has 0 bridgehead atoms. The molecule has 0 aromatic carbocycles. The molecule has 0 spiro atoms. The van der Waals surface area contributed by atoms with E-state index in [1.54, 1.807) is 0 Å². The second-order valence-corrected chi connectivity index (χ2v) is 7.94. The van der Waals surface area contributed by atoms with Gasteiger partial charge in [-0.05, 0) is 49.8 Å². The van der Waals surface area contributed by atoms with Gasteiger partial charge in [-0.15, -0.1) is 0 Å². The van der Waals surface area contributed by atoms with E-state index in [-0.39, 0.29) is 0 Å². The Morgan fingerprint density at radius 1 is 1.35 bits per heavy atom. The third-order valence-electron chi connectivity index (χ3n) is 4.63. The molecule has 100 valence electrons. The minimum absolute atomic E-state index is 0.430. The number of hydrogen-bond donors (Lipinski definition) is 1. The van der Waals surface area contributed by atoms with Gasteiger partial charge in [0.15, 0.2) is 0 Å². The highest BCUT2D eigenvalue weighted by Gasteiger charge is 2.34. The van der Waals surface area contributed by atoms with Crippen LogP contribution in [-0.2, 0) is 0 Å². The lowest BCUT2D eigenvalue weighted by Crippen LogP contribution is -2.46. The molecule has 1 aliphatic heterocycles. The molecule has 0 aromatic rings. The summed E-state index contributed by atoms with van der Waals surface area (Å²) in [7, 11) is 2.30. The molecule has 17 heavy (non-hydrogen) atoms. The van der Waals surface area contributed by atoms with Crippen LogP contribution in [0.4, 0.5) is 0 Å². The van der Waals surface area contributed by atoms with Gasteiger partial charge in [0.05, 0.1) is 0 Å². The van der Waals surface area contributed by atoms with E-state index < -0.39 is 0 Å². The fourth-order valence-corrected chi connectivity index (χ4v) is 4.64. The third-order valence-corrected chi connectivity index (χ3v) is 5.77. The van der Waals surface area contributed by atoms with Gasteiger partial charge in [-0.2, -0.15) is 11.8 Å². The van der Waals surface area contributed by atoms with Crippen molar-refractivity contribution in [1.29, 1.82) is 0 Å². The molecule has 1 aliphatic carbocycles. The summed E-state index contributed by atoms with van der Waals surface area (Å²) in [5.41, 5.74) is 6.82. The van der Waals surface area contributed by atoms with Gasteiger partial charge in [-0.1, -0.05) is 13.8 Å². The van der Waals surface area contributed by atoms with Crippen LogP contribution < -0.4 is 5.73 Å². The average Bonchev–Trinajstić information content (AvgIpc) is 2.76. The first kappa shape index (κ1) is 13.7. The van der Waals surface area contributed by atoms with Gasteiger partial charge in [-0.25, -0.2) is 0 Å². The lowest BCUT2D eigenvalue weighted by atomic mass is 9.70. The Morgan fingerprint density at radius 3 is 2.76 bits per heavy atom. The van der Waals surface area contributed by atoms with E-state index >= 15 is 0 Å². The van der Waals surface area contributed by atoms with Crippen LogP contribution in [0.2, 0.25) is 0 Å². The summed E-state index contributed by atoms with van der Waals surface area (Å²) in [4.78, 5) is 2.58. The second kappa shape index (κ2) is 5.50. The Hall–Kier alpha value is 0.270. The minimum Gasteiger partial charge on any atom is -0.327 e. The largest absolute Gasteiger partial charge is 0.327 e. The van der Waals surface area contributed by atoms with Gasteiger partial charge in [0, 0.05) is 24.4 Å². The molecule has 0 aromatic heterocycles. The molecule has 3 unspecified atom stereocenters. The van der Waals surface area contributed by atoms with Gasteiger partial charge in [0.1, 0.15) is 0 Å². The van der Waals surface area contributed by atoms with Crippen molar-refractivity contribution in [3.63, 3.8) is 0 Å². The summed E-state index contributed by atoms with van der Waals surface area (Å²) in [5, 5.41) is 0. The zero-order chi connectivity index (χ0) is 12.5. The first-order valence-corrected chi connectivity index (χ1v) is 8.17. The Bertz CT molecular complexity index is 249. The van der Waals surface area contributed by atoms with Crippen LogP contribution in [0.5, 0.6) is 0 Å². The predicted octanol–water partition coefficient (Wildman–Crippen LogP) is 2.58. The highest BCUT2D eigenvalue weighted by molar-refractivity contribution is 7.99. The summed E-state index contributed by atoms with van der Waals surface area (Å²) in [6, 6.07) is 1.23. The van der Waals surface area contributed by atoms with Gasteiger partial charge < -0.3 is 10.6 Å². The molecule has 1 heterocycles. The Balaban J connectivity index is 1.87. The predicted molar refractivity (Wildman–Crippen MR) is 77.5 cm³/mol. The fraction of sp³-hybridized carbons (Fsp3) is 1.00. The van der Waals surface area contributed by atoms with E-state index in [2.05, 4.69) is 37.6 Å². The maximum atomic E-state index is 6.32. The Morgan fingerprint density at radius 2 is 2.12 bits per heavy atom. The molecule has 2 fully saturated rings. The van der Waals surface area contributed by atoms with Crippen molar-refractivity contribution in [2.45, 2.75) is 51.6 Å². The van der Waals surface area contributed by atoms with E-state index in [4.69, 9.17) is 5.73 Å². The topological polar surface area (TPSA) is 29.3 Å². The molecule has 1 saturated heterocycles. The van der Waals surface area contributed by atoms with Crippen molar-refractivity contribution in [1.82, 2.24) is 4.90 Å². The number of nitrogens with zero attached hydrogens (tertiary/aromatic N) is 1. The molecule has 3 heteroatoms. The van der Waals surface area contributed by atoms with Gasteiger partial charge in [0.2, 0.25) is 0 Å². The monoisotopic (exact) mass is 256 g/mol. The first-order chi connectivity index (χ1) is 7.98. The Labute approximate surface area is 111 Å². The number of rotatable bonds is 3. The zero-order valence-corrected chi connectivity index (χ0v) is 12.4. The van der Waals surface area contributed by atoms with Crippen LogP contribution in [0.1, 0.15) is 39.5 Å². The molecule has 0 amide bonds. The first-order valence-electron chi connectivity index (χ1n) is 7.01. The van der Waals surface area contributed by atoms with Crippen molar-refractivity contribution in [2.24, 2.45) is 17.1 Å². The van der Waals surface area contributed by atoms with Crippen LogP contribution in [0.3, 0.4) is 0 Å². The lowest BCUT2D eigenvalue weighted by Gasteiger charge is -2.41. The number of nitrogens with two attached hydrogens (primary N) is 1. The van der Waals surface area contributed by atoms with Crippen LogP contribution in [-0.4, -0.2) is 42.1 Å². The van der Waals surface area contributed by atoms with Crippen LogP contribution in [0, 0.1) is 11.3 Å².